The third-order valence-electron chi connectivity index (χ3n) is 7.27. The minimum atomic E-state index is -4.18. The first-order valence-corrected chi connectivity index (χ1v) is 13.5. The van der Waals surface area contributed by atoms with Gasteiger partial charge in [0.2, 0.25) is 0 Å². The number of hydrogen-bond acceptors (Lipinski definition) is 6. The summed E-state index contributed by atoms with van der Waals surface area (Å²) in [5, 5.41) is 13.3. The number of rotatable bonds is 9. The van der Waals surface area contributed by atoms with Gasteiger partial charge in [0.1, 0.15) is 17.1 Å². The van der Waals surface area contributed by atoms with Crippen molar-refractivity contribution >= 4 is 21.7 Å². The second kappa shape index (κ2) is 9.40. The van der Waals surface area contributed by atoms with E-state index in [1.165, 1.54) is 18.2 Å². The number of sulfonamides is 1. The minimum absolute atomic E-state index is 0.0608. The lowest BCUT2D eigenvalue weighted by Gasteiger charge is -2.21. The molecule has 1 saturated heterocycles. The Bertz CT molecular complexity index is 1250. The molecule has 188 valence electrons. The van der Waals surface area contributed by atoms with Crippen molar-refractivity contribution < 1.29 is 27.4 Å². The van der Waals surface area contributed by atoms with E-state index >= 15 is 0 Å². The molecular weight excluding hydrogens is 473 g/mol. The van der Waals surface area contributed by atoms with Gasteiger partial charge < -0.3 is 20.1 Å². The van der Waals surface area contributed by atoms with Crippen molar-refractivity contribution in [3.05, 3.63) is 52.8 Å². The Morgan fingerprint density at radius 1 is 1.29 bits per heavy atom. The van der Waals surface area contributed by atoms with Crippen LogP contribution in [0.15, 0.2) is 35.2 Å². The first-order chi connectivity index (χ1) is 16.8. The number of likely N-dealkylation sites (tertiary alicyclic amines) is 1. The fourth-order valence-electron chi connectivity index (χ4n) is 5.25. The molecule has 3 N–H and O–H groups in total. The molecule has 0 radical (unpaired) electrons. The van der Waals surface area contributed by atoms with E-state index in [1.54, 1.807) is 6.07 Å². The molecule has 0 amide bonds. The summed E-state index contributed by atoms with van der Waals surface area (Å²) in [6.07, 6.45) is 2.28. The van der Waals surface area contributed by atoms with Crippen molar-refractivity contribution in [2.24, 2.45) is 5.92 Å². The molecule has 3 aliphatic rings. The summed E-state index contributed by atoms with van der Waals surface area (Å²) in [5.41, 5.74) is 0.892. The molecule has 35 heavy (non-hydrogen) atoms. The first-order valence-electron chi connectivity index (χ1n) is 12.1. The van der Waals surface area contributed by atoms with Crippen LogP contribution in [0, 0.1) is 11.7 Å². The van der Waals surface area contributed by atoms with Crippen LogP contribution >= 0.6 is 0 Å². The predicted molar refractivity (Wildman–Crippen MR) is 129 cm³/mol. The van der Waals surface area contributed by atoms with Crippen LogP contribution in [-0.4, -0.2) is 63.2 Å². The van der Waals surface area contributed by atoms with E-state index in [0.29, 0.717) is 37.1 Å². The van der Waals surface area contributed by atoms with Gasteiger partial charge in [-0.15, -0.1) is 0 Å². The summed E-state index contributed by atoms with van der Waals surface area (Å²) in [7, 11) is -4.18. The van der Waals surface area contributed by atoms with Crippen LogP contribution < -0.4 is 14.8 Å². The van der Waals surface area contributed by atoms with E-state index in [1.807, 2.05) is 0 Å². The normalized spacial score (nSPS) is 23.3. The summed E-state index contributed by atoms with van der Waals surface area (Å²) in [5.74, 6) is -0.888. The van der Waals surface area contributed by atoms with Gasteiger partial charge in [0, 0.05) is 18.5 Å². The first kappa shape index (κ1) is 24.0. The molecule has 2 aromatic rings. The number of hydrogen-bond donors (Lipinski definition) is 3. The second-order valence-corrected chi connectivity index (χ2v) is 11.2. The fraction of sp³-hybridized carbons (Fsp3) is 0.480. The van der Waals surface area contributed by atoms with Gasteiger partial charge in [0.15, 0.2) is 0 Å². The Morgan fingerprint density at radius 2 is 2.11 bits per heavy atom. The Balaban J connectivity index is 1.37. The lowest BCUT2D eigenvalue weighted by molar-refractivity contribution is 0.0692. The van der Waals surface area contributed by atoms with E-state index in [4.69, 9.17) is 4.74 Å². The van der Waals surface area contributed by atoms with Crippen molar-refractivity contribution in [1.29, 1.82) is 0 Å². The van der Waals surface area contributed by atoms with Crippen LogP contribution in [0.2, 0.25) is 0 Å². The standard InChI is InChI=1S/C25H30FN3O5S/c1-2-29-10-8-18(13-29)27-9-7-15-11-17(26)3-6-22(15)35(32,33)28-21-5-4-19-20-12-16(20)14-34-24(19)23(21)25(30)31/h3-6,11,16,18,20,27-28H,2,7-10,12-14H2,1H3,(H,30,31)/t16-,18+,20-/m0/s1. The Morgan fingerprint density at radius 3 is 2.86 bits per heavy atom. The van der Waals surface area contributed by atoms with Gasteiger partial charge >= 0.3 is 5.97 Å². The highest BCUT2D eigenvalue weighted by Crippen LogP contribution is 2.55. The van der Waals surface area contributed by atoms with Crippen LogP contribution in [0.25, 0.3) is 0 Å². The lowest BCUT2D eigenvalue weighted by Crippen LogP contribution is -2.34. The van der Waals surface area contributed by atoms with E-state index < -0.39 is 21.8 Å². The number of halogens is 1. The molecule has 5 rings (SSSR count). The molecule has 1 saturated carbocycles. The zero-order valence-electron chi connectivity index (χ0n) is 19.6. The van der Waals surface area contributed by atoms with E-state index in [-0.39, 0.29) is 27.8 Å². The average Bonchev–Trinajstić information content (AvgIpc) is 3.47. The van der Waals surface area contributed by atoms with Gasteiger partial charge in [0.25, 0.3) is 10.0 Å². The number of anilines is 1. The Kier molecular flexibility index (Phi) is 6.45. The molecule has 2 aromatic carbocycles. The van der Waals surface area contributed by atoms with Crippen molar-refractivity contribution in [2.75, 3.05) is 37.5 Å². The quantitative estimate of drug-likeness (QED) is 0.483. The number of aromatic carboxylic acids is 1. The number of fused-ring (bicyclic) bond motifs is 3. The zero-order valence-corrected chi connectivity index (χ0v) is 20.4. The zero-order chi connectivity index (χ0) is 24.7. The maximum atomic E-state index is 14.1. The fourth-order valence-corrected chi connectivity index (χ4v) is 6.57. The number of likely N-dealkylation sites (N-methyl/N-ethyl adjacent to an activating group) is 1. The lowest BCUT2D eigenvalue weighted by atomic mass is 10.0. The molecule has 2 fully saturated rings. The van der Waals surface area contributed by atoms with Crippen molar-refractivity contribution in [2.45, 2.75) is 43.0 Å². The third kappa shape index (κ3) is 4.87. The maximum Gasteiger partial charge on any atom is 0.341 e. The van der Waals surface area contributed by atoms with E-state index in [2.05, 4.69) is 21.9 Å². The van der Waals surface area contributed by atoms with E-state index in [0.717, 1.165) is 44.1 Å². The second-order valence-electron chi connectivity index (χ2n) is 9.57. The third-order valence-corrected chi connectivity index (χ3v) is 8.74. The SMILES string of the molecule is CCN1CC[C@@H](NCCc2cc(F)ccc2S(=O)(=O)Nc2ccc3c(c2C(=O)O)OC[C@@H]2C[C@H]32)C1. The number of carboxylic acids is 1. The summed E-state index contributed by atoms with van der Waals surface area (Å²) in [6, 6.07) is 7.09. The maximum absolute atomic E-state index is 14.1. The number of ether oxygens (including phenoxy) is 1. The molecule has 2 heterocycles. The number of nitrogens with zero attached hydrogens (tertiary/aromatic N) is 1. The summed E-state index contributed by atoms with van der Waals surface area (Å²) < 4.78 is 48.9. The van der Waals surface area contributed by atoms with Gasteiger partial charge in [-0.2, -0.15) is 0 Å². The van der Waals surface area contributed by atoms with Gasteiger partial charge in [0.05, 0.1) is 17.2 Å². The van der Waals surface area contributed by atoms with Gasteiger partial charge in [-0.25, -0.2) is 17.6 Å². The summed E-state index contributed by atoms with van der Waals surface area (Å²) >= 11 is 0. The number of nitrogens with one attached hydrogen (secondary N) is 2. The van der Waals surface area contributed by atoms with Gasteiger partial charge in [-0.3, -0.25) is 4.72 Å². The van der Waals surface area contributed by atoms with Crippen molar-refractivity contribution in [1.82, 2.24) is 10.2 Å². The molecule has 0 bridgehead atoms. The number of carbonyl (C=O) groups is 1. The molecule has 0 aromatic heterocycles. The highest BCUT2D eigenvalue weighted by molar-refractivity contribution is 7.92. The van der Waals surface area contributed by atoms with Crippen LogP contribution in [-0.2, 0) is 16.4 Å². The molecule has 0 unspecified atom stereocenters. The highest BCUT2D eigenvalue weighted by Gasteiger charge is 2.45. The monoisotopic (exact) mass is 503 g/mol. The number of benzene rings is 2. The smallest absolute Gasteiger partial charge is 0.341 e. The van der Waals surface area contributed by atoms with Crippen molar-refractivity contribution in [3.63, 3.8) is 0 Å². The molecule has 0 spiro atoms. The van der Waals surface area contributed by atoms with Crippen LogP contribution in [0.1, 0.15) is 47.2 Å². The molecular formula is C25H30FN3O5S. The Labute approximate surface area is 204 Å². The van der Waals surface area contributed by atoms with Crippen LogP contribution in [0.5, 0.6) is 5.75 Å². The molecule has 10 heteroatoms. The minimum Gasteiger partial charge on any atom is -0.492 e. The molecule has 8 nitrogen and oxygen atoms in total. The van der Waals surface area contributed by atoms with Crippen molar-refractivity contribution in [3.8, 4) is 5.75 Å². The molecule has 3 atom stereocenters. The Hall–Kier alpha value is -2.69. The summed E-state index contributed by atoms with van der Waals surface area (Å²) in [6.45, 7) is 6.00. The molecule has 1 aliphatic carbocycles. The van der Waals surface area contributed by atoms with Gasteiger partial charge in [-0.1, -0.05) is 13.0 Å². The topological polar surface area (TPSA) is 108 Å². The molecule has 2 aliphatic heterocycles. The van der Waals surface area contributed by atoms with Crippen LogP contribution in [0.3, 0.4) is 0 Å². The average molecular weight is 504 g/mol. The number of carboxylic acid groups (broad SMARTS) is 1. The van der Waals surface area contributed by atoms with E-state index in [9.17, 15) is 22.7 Å². The van der Waals surface area contributed by atoms with Crippen LogP contribution in [0.4, 0.5) is 10.1 Å². The predicted octanol–water partition coefficient (Wildman–Crippen LogP) is 3.05. The summed E-state index contributed by atoms with van der Waals surface area (Å²) in [4.78, 5) is 14.4. The highest BCUT2D eigenvalue weighted by atomic mass is 32.2. The largest absolute Gasteiger partial charge is 0.492 e. The van der Waals surface area contributed by atoms with Gasteiger partial charge in [-0.05, 0) is 80.2 Å².